The maximum absolute atomic E-state index is 12.8. The maximum atomic E-state index is 12.8. The number of para-hydroxylation sites is 1. The summed E-state index contributed by atoms with van der Waals surface area (Å²) < 4.78 is 2.06. The third-order valence-electron chi connectivity index (χ3n) is 4.62. The molecule has 6 heteroatoms. The summed E-state index contributed by atoms with van der Waals surface area (Å²) in [7, 11) is 0. The summed E-state index contributed by atoms with van der Waals surface area (Å²) in [4.78, 5) is 18.8. The first-order chi connectivity index (χ1) is 11.6. The van der Waals surface area contributed by atoms with Crippen LogP contribution in [0.25, 0.3) is 0 Å². The number of hydrogen-bond donors (Lipinski definition) is 1. The Balaban J connectivity index is 1.66. The number of halogens is 1. The molecule has 1 fully saturated rings. The number of nitrogens with one attached hydrogen (secondary N) is 1. The number of amides is 2. The largest absolute Gasteiger partial charge is 0.337 e. The standard InChI is InChI=1S/C18H23ClN4O/c1-14-5-4-7-16(19)17(14)21-18(24)23-10-3-2-6-15(23)8-11-22-12-9-20-13-22/h4-5,7,9,12-13,15H,2-3,6,8,10-11H2,1H3,(H,21,24)/t15-/m0/s1. The first-order valence-electron chi connectivity index (χ1n) is 8.43. The molecule has 2 amide bonds. The smallest absolute Gasteiger partial charge is 0.322 e. The summed E-state index contributed by atoms with van der Waals surface area (Å²) >= 11 is 6.23. The quantitative estimate of drug-likeness (QED) is 0.896. The number of rotatable bonds is 4. The second-order valence-corrected chi connectivity index (χ2v) is 6.70. The SMILES string of the molecule is Cc1cccc(Cl)c1NC(=O)N1CCCC[C@H]1CCn1ccnc1. The fraction of sp³-hybridized carbons (Fsp3) is 0.444. The predicted octanol–water partition coefficient (Wildman–Crippen LogP) is 4.32. The Bertz CT molecular complexity index is 666. The molecule has 1 saturated heterocycles. The zero-order valence-electron chi connectivity index (χ0n) is 13.9. The Morgan fingerprint density at radius 2 is 2.29 bits per heavy atom. The fourth-order valence-electron chi connectivity index (χ4n) is 3.25. The minimum atomic E-state index is -0.0541. The molecule has 5 nitrogen and oxygen atoms in total. The van der Waals surface area contributed by atoms with E-state index in [1.807, 2.05) is 36.5 Å². The number of imidazole rings is 1. The van der Waals surface area contributed by atoms with Crippen molar-refractivity contribution in [1.82, 2.24) is 14.5 Å². The predicted molar refractivity (Wildman–Crippen MR) is 96.4 cm³/mol. The lowest BCUT2D eigenvalue weighted by molar-refractivity contribution is 0.155. The van der Waals surface area contributed by atoms with E-state index in [-0.39, 0.29) is 12.1 Å². The number of likely N-dealkylation sites (tertiary alicyclic amines) is 1. The molecule has 0 unspecified atom stereocenters. The van der Waals surface area contributed by atoms with Gasteiger partial charge in [-0.2, -0.15) is 0 Å². The van der Waals surface area contributed by atoms with Crippen LogP contribution in [0.1, 0.15) is 31.2 Å². The number of anilines is 1. The number of aryl methyl sites for hydroxylation is 2. The van der Waals surface area contributed by atoms with E-state index in [2.05, 4.69) is 14.9 Å². The van der Waals surface area contributed by atoms with Gasteiger partial charge in [0.25, 0.3) is 0 Å². The van der Waals surface area contributed by atoms with Crippen LogP contribution in [-0.4, -0.2) is 33.1 Å². The van der Waals surface area contributed by atoms with Gasteiger partial charge >= 0.3 is 6.03 Å². The van der Waals surface area contributed by atoms with Gasteiger partial charge in [-0.1, -0.05) is 23.7 Å². The second kappa shape index (κ2) is 7.71. The first kappa shape index (κ1) is 16.8. The molecule has 0 saturated carbocycles. The van der Waals surface area contributed by atoms with Gasteiger partial charge in [-0.05, 0) is 44.2 Å². The van der Waals surface area contributed by atoms with E-state index in [1.165, 1.54) is 6.42 Å². The average molecular weight is 347 g/mol. The van der Waals surface area contributed by atoms with E-state index >= 15 is 0 Å². The molecule has 0 aliphatic carbocycles. The molecule has 0 spiro atoms. The van der Waals surface area contributed by atoms with E-state index in [0.29, 0.717) is 10.7 Å². The van der Waals surface area contributed by atoms with Gasteiger partial charge in [-0.3, -0.25) is 0 Å². The molecule has 1 atom stereocenters. The van der Waals surface area contributed by atoms with Crippen molar-refractivity contribution in [2.45, 2.75) is 45.2 Å². The molecule has 2 aromatic rings. The van der Waals surface area contributed by atoms with Crippen molar-refractivity contribution < 1.29 is 4.79 Å². The number of carbonyl (C=O) groups is 1. The number of benzene rings is 1. The number of piperidine rings is 1. The van der Waals surface area contributed by atoms with Crippen LogP contribution in [0, 0.1) is 6.92 Å². The summed E-state index contributed by atoms with van der Waals surface area (Å²) in [5, 5.41) is 3.59. The molecule has 1 aliphatic heterocycles. The molecule has 1 N–H and O–H groups in total. The van der Waals surface area contributed by atoms with Crippen molar-refractivity contribution in [1.29, 1.82) is 0 Å². The number of hydrogen-bond acceptors (Lipinski definition) is 2. The van der Waals surface area contributed by atoms with Gasteiger partial charge in [0.05, 0.1) is 17.0 Å². The van der Waals surface area contributed by atoms with Crippen molar-refractivity contribution in [3.05, 3.63) is 47.5 Å². The van der Waals surface area contributed by atoms with E-state index in [1.54, 1.807) is 12.3 Å². The van der Waals surface area contributed by atoms with Gasteiger partial charge in [-0.15, -0.1) is 0 Å². The van der Waals surface area contributed by atoms with Crippen LogP contribution in [0.3, 0.4) is 0 Å². The molecular weight excluding hydrogens is 324 g/mol. The van der Waals surface area contributed by atoms with E-state index in [0.717, 1.165) is 37.9 Å². The average Bonchev–Trinajstić information content (AvgIpc) is 3.10. The summed E-state index contributed by atoms with van der Waals surface area (Å²) in [5.41, 5.74) is 1.69. The number of carbonyl (C=O) groups excluding carboxylic acids is 1. The monoisotopic (exact) mass is 346 g/mol. The summed E-state index contributed by atoms with van der Waals surface area (Å²) in [6, 6.07) is 5.85. The van der Waals surface area contributed by atoms with E-state index in [9.17, 15) is 4.79 Å². The van der Waals surface area contributed by atoms with Crippen LogP contribution in [0.5, 0.6) is 0 Å². The lowest BCUT2D eigenvalue weighted by Gasteiger charge is -2.36. The Morgan fingerprint density at radius 1 is 1.42 bits per heavy atom. The van der Waals surface area contributed by atoms with Gasteiger partial charge in [0.15, 0.2) is 0 Å². The molecule has 128 valence electrons. The van der Waals surface area contributed by atoms with Gasteiger partial charge in [0.1, 0.15) is 0 Å². The van der Waals surface area contributed by atoms with Crippen molar-refractivity contribution in [3.8, 4) is 0 Å². The van der Waals surface area contributed by atoms with Crippen LogP contribution >= 0.6 is 11.6 Å². The van der Waals surface area contributed by atoms with Crippen LogP contribution in [0.2, 0.25) is 5.02 Å². The number of nitrogens with zero attached hydrogens (tertiary/aromatic N) is 3. The van der Waals surface area contributed by atoms with Crippen molar-refractivity contribution in [2.24, 2.45) is 0 Å². The lowest BCUT2D eigenvalue weighted by Crippen LogP contribution is -2.46. The highest BCUT2D eigenvalue weighted by Gasteiger charge is 2.27. The van der Waals surface area contributed by atoms with Crippen molar-refractivity contribution >= 4 is 23.3 Å². The fourth-order valence-corrected chi connectivity index (χ4v) is 3.52. The molecule has 24 heavy (non-hydrogen) atoms. The molecule has 1 aromatic heterocycles. The summed E-state index contributed by atoms with van der Waals surface area (Å²) in [6.07, 6.45) is 9.76. The molecule has 1 aromatic carbocycles. The normalized spacial score (nSPS) is 17.8. The topological polar surface area (TPSA) is 50.2 Å². The van der Waals surface area contributed by atoms with Gasteiger partial charge in [0.2, 0.25) is 0 Å². The van der Waals surface area contributed by atoms with Gasteiger partial charge < -0.3 is 14.8 Å². The Labute approximate surface area is 147 Å². The molecule has 0 bridgehead atoms. The Hall–Kier alpha value is -2.01. The molecule has 0 radical (unpaired) electrons. The Morgan fingerprint density at radius 3 is 3.04 bits per heavy atom. The van der Waals surface area contributed by atoms with E-state index < -0.39 is 0 Å². The summed E-state index contributed by atoms with van der Waals surface area (Å²) in [6.45, 7) is 3.62. The maximum Gasteiger partial charge on any atom is 0.322 e. The highest BCUT2D eigenvalue weighted by Crippen LogP contribution is 2.27. The Kier molecular flexibility index (Phi) is 5.41. The lowest BCUT2D eigenvalue weighted by atomic mass is 9.99. The molecule has 1 aliphatic rings. The zero-order valence-corrected chi connectivity index (χ0v) is 14.7. The van der Waals surface area contributed by atoms with Crippen molar-refractivity contribution in [2.75, 3.05) is 11.9 Å². The van der Waals surface area contributed by atoms with Crippen LogP contribution < -0.4 is 5.32 Å². The van der Waals surface area contributed by atoms with Crippen LogP contribution in [-0.2, 0) is 6.54 Å². The minimum Gasteiger partial charge on any atom is -0.337 e. The molecule has 3 rings (SSSR count). The summed E-state index contributed by atoms with van der Waals surface area (Å²) in [5.74, 6) is 0. The zero-order chi connectivity index (χ0) is 16.9. The third kappa shape index (κ3) is 3.90. The number of aromatic nitrogens is 2. The third-order valence-corrected chi connectivity index (χ3v) is 4.94. The second-order valence-electron chi connectivity index (χ2n) is 6.29. The number of urea groups is 1. The van der Waals surface area contributed by atoms with Crippen LogP contribution in [0.15, 0.2) is 36.9 Å². The minimum absolute atomic E-state index is 0.0541. The van der Waals surface area contributed by atoms with E-state index in [4.69, 9.17) is 11.6 Å². The van der Waals surface area contributed by atoms with Crippen LogP contribution in [0.4, 0.5) is 10.5 Å². The highest BCUT2D eigenvalue weighted by atomic mass is 35.5. The molecule has 2 heterocycles. The highest BCUT2D eigenvalue weighted by molar-refractivity contribution is 6.33. The van der Waals surface area contributed by atoms with Gasteiger partial charge in [-0.25, -0.2) is 9.78 Å². The van der Waals surface area contributed by atoms with Gasteiger partial charge in [0, 0.05) is 31.5 Å². The van der Waals surface area contributed by atoms with Crippen molar-refractivity contribution in [3.63, 3.8) is 0 Å². The molecular formula is C18H23ClN4O. The first-order valence-corrected chi connectivity index (χ1v) is 8.81.